The summed E-state index contributed by atoms with van der Waals surface area (Å²) in [6.07, 6.45) is 0. The van der Waals surface area contributed by atoms with Crippen LogP contribution >= 0.6 is 21.6 Å². The van der Waals surface area contributed by atoms with E-state index >= 15 is 0 Å². The molecular weight excluding hydrogens is 170 g/mol. The first kappa shape index (κ1) is 9.87. The van der Waals surface area contributed by atoms with Crippen molar-refractivity contribution in [2.45, 2.75) is 5.91 Å². The van der Waals surface area contributed by atoms with Crippen molar-refractivity contribution in [1.82, 2.24) is 0 Å². The van der Waals surface area contributed by atoms with E-state index in [9.17, 15) is 4.39 Å². The fourth-order valence-corrected chi connectivity index (χ4v) is 0.859. The van der Waals surface area contributed by atoms with Crippen LogP contribution in [0.4, 0.5) is 4.39 Å². The monoisotopic (exact) mass is 178 g/mol. The quantitative estimate of drug-likeness (QED) is 0.580. The minimum Gasteiger partial charge on any atom is -0.238 e. The normalized spacial score (nSPS) is 11.8. The van der Waals surface area contributed by atoms with Gasteiger partial charge < -0.3 is 0 Å². The Kier molecular flexibility index (Phi) is 4.59. The summed E-state index contributed by atoms with van der Waals surface area (Å²) in [6, 6.07) is 9.05. The van der Waals surface area contributed by atoms with Crippen molar-refractivity contribution in [3.8, 4) is 0 Å². The van der Waals surface area contributed by atoms with Crippen molar-refractivity contribution < 1.29 is 4.39 Å². The molecule has 56 valence electrons. The molecule has 0 fully saturated rings. The number of hydrogen-bond acceptors (Lipinski definition) is 0. The van der Waals surface area contributed by atoms with Crippen LogP contribution in [-0.2, 0) is 0 Å². The number of alkyl halides is 1. The second-order valence-electron chi connectivity index (χ2n) is 1.81. The lowest BCUT2D eigenvalue weighted by molar-refractivity contribution is 0.469. The Morgan fingerprint density at radius 1 is 1.20 bits per heavy atom. The Bertz CT molecular complexity index is 176. The van der Waals surface area contributed by atoms with Crippen LogP contribution in [0.2, 0.25) is 0 Å². The van der Waals surface area contributed by atoms with Crippen LogP contribution in [0.3, 0.4) is 0 Å². The minimum absolute atomic E-state index is 0. The Morgan fingerprint density at radius 2 is 1.70 bits per heavy atom. The third-order valence-corrected chi connectivity index (χ3v) is 1.50. The lowest BCUT2D eigenvalue weighted by Crippen LogP contribution is -1.77. The molecule has 10 heavy (non-hydrogen) atoms. The first-order chi connectivity index (χ1) is 4.30. The van der Waals surface area contributed by atoms with Gasteiger partial charge in [0.2, 0.25) is 0 Å². The number of halogens is 2. The summed E-state index contributed by atoms with van der Waals surface area (Å²) in [5.74, 6) is -0.925. The molecule has 0 saturated heterocycles. The maximum atomic E-state index is 12.4. The summed E-state index contributed by atoms with van der Waals surface area (Å²) >= 11 is 0. The molecule has 0 nitrogen and oxygen atoms in total. The molecule has 0 aliphatic rings. The van der Waals surface area contributed by atoms with Crippen LogP contribution in [0, 0.1) is 0 Å². The third-order valence-electron chi connectivity index (χ3n) is 1.12. The van der Waals surface area contributed by atoms with Crippen molar-refractivity contribution in [1.29, 1.82) is 0 Å². The second kappa shape index (κ2) is 4.65. The molecule has 1 aromatic carbocycles. The molecule has 0 spiro atoms. The Morgan fingerprint density at radius 3 is 2.00 bits per heavy atom. The molecule has 0 aliphatic heterocycles. The van der Waals surface area contributed by atoms with E-state index in [4.69, 9.17) is 0 Å². The summed E-state index contributed by atoms with van der Waals surface area (Å²) in [5, 5.41) is 0. The zero-order chi connectivity index (χ0) is 6.69. The number of rotatable bonds is 1. The van der Waals surface area contributed by atoms with E-state index < -0.39 is 5.91 Å². The average molecular weight is 179 g/mol. The standard InChI is InChI=1S/C7H8FP.ClH/c8-7(9)6-4-2-1-3-5-6;/h1-5,7H,9H2;1H. The minimum atomic E-state index is -0.925. The van der Waals surface area contributed by atoms with Crippen LogP contribution in [0.1, 0.15) is 11.5 Å². The maximum absolute atomic E-state index is 12.4. The van der Waals surface area contributed by atoms with Gasteiger partial charge >= 0.3 is 0 Å². The van der Waals surface area contributed by atoms with Crippen molar-refractivity contribution >= 4 is 21.6 Å². The summed E-state index contributed by atoms with van der Waals surface area (Å²) in [6.45, 7) is 0. The van der Waals surface area contributed by atoms with Crippen molar-refractivity contribution in [2.75, 3.05) is 0 Å². The predicted molar refractivity (Wildman–Crippen MR) is 47.2 cm³/mol. The zero-order valence-electron chi connectivity index (χ0n) is 5.33. The first-order valence-electron chi connectivity index (χ1n) is 2.75. The molecule has 0 saturated carbocycles. The highest BCUT2D eigenvalue weighted by Crippen LogP contribution is 2.22. The van der Waals surface area contributed by atoms with E-state index in [1.54, 1.807) is 12.1 Å². The second-order valence-corrected chi connectivity index (χ2v) is 2.40. The molecule has 0 aliphatic carbocycles. The molecule has 0 radical (unpaired) electrons. The summed E-state index contributed by atoms with van der Waals surface area (Å²) in [7, 11) is 2.11. The lowest BCUT2D eigenvalue weighted by Gasteiger charge is -1.97. The molecule has 3 heteroatoms. The van der Waals surface area contributed by atoms with E-state index in [2.05, 4.69) is 9.24 Å². The SMILES string of the molecule is Cl.FC(P)c1ccccc1. The van der Waals surface area contributed by atoms with E-state index in [1.165, 1.54) is 0 Å². The highest BCUT2D eigenvalue weighted by Gasteiger charge is 1.97. The fraction of sp³-hybridized carbons (Fsp3) is 0.143. The maximum Gasteiger partial charge on any atom is 0.138 e. The summed E-state index contributed by atoms with van der Waals surface area (Å²) in [4.78, 5) is 0. The van der Waals surface area contributed by atoms with Gasteiger partial charge in [0, 0.05) is 0 Å². The van der Waals surface area contributed by atoms with Gasteiger partial charge in [-0.15, -0.1) is 12.4 Å². The lowest BCUT2D eigenvalue weighted by atomic mass is 10.2. The molecule has 1 rings (SSSR count). The van der Waals surface area contributed by atoms with E-state index in [0.717, 1.165) is 0 Å². The van der Waals surface area contributed by atoms with Crippen molar-refractivity contribution in [3.63, 3.8) is 0 Å². The topological polar surface area (TPSA) is 0 Å². The van der Waals surface area contributed by atoms with Gasteiger partial charge in [-0.3, -0.25) is 0 Å². The summed E-state index contributed by atoms with van der Waals surface area (Å²) in [5.41, 5.74) is 0.711. The average Bonchev–Trinajstić information content (AvgIpc) is 1.90. The number of benzene rings is 1. The van der Waals surface area contributed by atoms with Gasteiger partial charge in [-0.05, 0) is 5.56 Å². The predicted octanol–water partition coefficient (Wildman–Crippen LogP) is 2.95. The smallest absolute Gasteiger partial charge is 0.138 e. The van der Waals surface area contributed by atoms with Crippen LogP contribution < -0.4 is 0 Å². The Hall–Kier alpha value is -0.130. The summed E-state index contributed by atoms with van der Waals surface area (Å²) < 4.78 is 12.4. The molecule has 0 bridgehead atoms. The van der Waals surface area contributed by atoms with Crippen molar-refractivity contribution in [2.24, 2.45) is 0 Å². The third kappa shape index (κ3) is 2.64. The van der Waals surface area contributed by atoms with Crippen LogP contribution in [0.15, 0.2) is 30.3 Å². The van der Waals surface area contributed by atoms with Gasteiger partial charge in [0.25, 0.3) is 0 Å². The fourth-order valence-electron chi connectivity index (χ4n) is 0.637. The van der Waals surface area contributed by atoms with Crippen LogP contribution in [-0.4, -0.2) is 0 Å². The Labute approximate surface area is 68.4 Å². The zero-order valence-corrected chi connectivity index (χ0v) is 7.30. The van der Waals surface area contributed by atoms with Crippen LogP contribution in [0.5, 0.6) is 0 Å². The van der Waals surface area contributed by atoms with E-state index in [0.29, 0.717) is 5.56 Å². The first-order valence-corrected chi connectivity index (χ1v) is 3.42. The molecule has 0 heterocycles. The molecule has 0 aromatic heterocycles. The molecule has 0 amide bonds. The van der Waals surface area contributed by atoms with Gasteiger partial charge in [-0.25, -0.2) is 4.39 Å². The van der Waals surface area contributed by atoms with Gasteiger partial charge in [-0.2, -0.15) is 0 Å². The van der Waals surface area contributed by atoms with Gasteiger partial charge in [-0.1, -0.05) is 39.6 Å². The van der Waals surface area contributed by atoms with Crippen molar-refractivity contribution in [3.05, 3.63) is 35.9 Å². The van der Waals surface area contributed by atoms with Gasteiger partial charge in [0.05, 0.1) is 0 Å². The molecule has 2 atom stereocenters. The molecule has 0 N–H and O–H groups in total. The Balaban J connectivity index is 0.000000810. The highest BCUT2D eigenvalue weighted by atomic mass is 35.5. The van der Waals surface area contributed by atoms with Gasteiger partial charge in [0.1, 0.15) is 5.91 Å². The van der Waals surface area contributed by atoms with Gasteiger partial charge in [0.15, 0.2) is 0 Å². The van der Waals surface area contributed by atoms with Crippen LogP contribution in [0.25, 0.3) is 0 Å². The molecular formula is C7H9ClFP. The van der Waals surface area contributed by atoms with E-state index in [1.807, 2.05) is 18.2 Å². The number of hydrogen-bond donors (Lipinski definition) is 0. The van der Waals surface area contributed by atoms with E-state index in [-0.39, 0.29) is 12.4 Å². The molecule has 1 aromatic rings. The highest BCUT2D eigenvalue weighted by molar-refractivity contribution is 7.16. The molecule has 2 unspecified atom stereocenters. The largest absolute Gasteiger partial charge is 0.238 e.